The molecule has 3 N–H and O–H groups in total. The number of thioether (sulfide) groups is 1. The third-order valence-corrected chi connectivity index (χ3v) is 4.68. The summed E-state index contributed by atoms with van der Waals surface area (Å²) >= 11 is 1.75. The molecule has 0 aromatic heterocycles. The lowest BCUT2D eigenvalue weighted by Gasteiger charge is -2.22. The van der Waals surface area contributed by atoms with Gasteiger partial charge in [0.1, 0.15) is 0 Å². The van der Waals surface area contributed by atoms with Crippen LogP contribution in [0.4, 0.5) is 11.4 Å². The van der Waals surface area contributed by atoms with Crippen LogP contribution < -0.4 is 15.4 Å². The molecule has 1 fully saturated rings. The van der Waals surface area contributed by atoms with E-state index in [-0.39, 0.29) is 11.9 Å². The van der Waals surface area contributed by atoms with E-state index < -0.39 is 10.0 Å². The number of amides is 1. The average molecular weight is 329 g/mol. The highest BCUT2D eigenvalue weighted by atomic mass is 32.2. The van der Waals surface area contributed by atoms with Crippen molar-refractivity contribution in [3.8, 4) is 0 Å². The summed E-state index contributed by atoms with van der Waals surface area (Å²) in [6.07, 6.45) is 1.11. The summed E-state index contributed by atoms with van der Waals surface area (Å²) in [7, 11) is -3.30. The standard InChI is InChI=1S/C13H19N3O3S2/c1-9-7-10(3-4-11(9)16-21(2,18)19)15-13(17)12-8-20-6-5-14-12/h3-4,7,12,14,16H,5-6,8H2,1-2H3,(H,15,17). The Kier molecular flexibility index (Phi) is 5.13. The first-order chi connectivity index (χ1) is 9.85. The van der Waals surface area contributed by atoms with Crippen LogP contribution in [0.1, 0.15) is 5.56 Å². The first kappa shape index (κ1) is 16.1. The van der Waals surface area contributed by atoms with Gasteiger partial charge in [0.05, 0.1) is 18.0 Å². The second kappa shape index (κ2) is 6.67. The van der Waals surface area contributed by atoms with Crippen molar-refractivity contribution in [3.05, 3.63) is 23.8 Å². The van der Waals surface area contributed by atoms with Crippen molar-refractivity contribution in [1.29, 1.82) is 0 Å². The highest BCUT2D eigenvalue weighted by Gasteiger charge is 2.20. The van der Waals surface area contributed by atoms with Crippen molar-refractivity contribution < 1.29 is 13.2 Å². The minimum atomic E-state index is -3.30. The van der Waals surface area contributed by atoms with Gasteiger partial charge in [-0.25, -0.2) is 8.42 Å². The topological polar surface area (TPSA) is 87.3 Å². The third kappa shape index (κ3) is 4.90. The molecule has 0 spiro atoms. The summed E-state index contributed by atoms with van der Waals surface area (Å²) in [4.78, 5) is 12.1. The molecule has 6 nitrogen and oxygen atoms in total. The minimum Gasteiger partial charge on any atom is -0.325 e. The second-order valence-electron chi connectivity index (χ2n) is 4.97. The van der Waals surface area contributed by atoms with Gasteiger partial charge >= 0.3 is 0 Å². The largest absolute Gasteiger partial charge is 0.325 e. The van der Waals surface area contributed by atoms with Crippen molar-refractivity contribution in [2.45, 2.75) is 13.0 Å². The summed E-state index contributed by atoms with van der Waals surface area (Å²) in [6, 6.07) is 4.91. The molecule has 1 aromatic rings. The highest BCUT2D eigenvalue weighted by Crippen LogP contribution is 2.21. The van der Waals surface area contributed by atoms with Crippen LogP contribution in [-0.2, 0) is 14.8 Å². The molecule has 0 bridgehead atoms. The fraction of sp³-hybridized carbons (Fsp3) is 0.462. The van der Waals surface area contributed by atoms with Crippen molar-refractivity contribution in [1.82, 2.24) is 5.32 Å². The molecule has 0 saturated carbocycles. The number of benzene rings is 1. The fourth-order valence-electron chi connectivity index (χ4n) is 2.02. The summed E-state index contributed by atoms with van der Waals surface area (Å²) in [6.45, 7) is 2.62. The Bertz CT molecular complexity index is 626. The zero-order valence-electron chi connectivity index (χ0n) is 12.0. The van der Waals surface area contributed by atoms with Gasteiger partial charge in [0.15, 0.2) is 0 Å². The molecule has 1 amide bonds. The van der Waals surface area contributed by atoms with Crippen LogP contribution in [0, 0.1) is 6.92 Å². The molecule has 8 heteroatoms. The number of hydrogen-bond donors (Lipinski definition) is 3. The van der Waals surface area contributed by atoms with E-state index >= 15 is 0 Å². The van der Waals surface area contributed by atoms with Crippen molar-refractivity contribution >= 4 is 39.1 Å². The number of nitrogens with one attached hydrogen (secondary N) is 3. The number of anilines is 2. The molecular formula is C13H19N3O3S2. The van der Waals surface area contributed by atoms with Gasteiger partial charge < -0.3 is 10.6 Å². The lowest BCUT2D eigenvalue weighted by atomic mass is 10.2. The Morgan fingerprint density at radius 1 is 1.43 bits per heavy atom. The average Bonchev–Trinajstić information content (AvgIpc) is 2.41. The van der Waals surface area contributed by atoms with E-state index in [0.717, 1.165) is 29.9 Å². The van der Waals surface area contributed by atoms with Crippen LogP contribution >= 0.6 is 11.8 Å². The molecule has 0 aliphatic carbocycles. The van der Waals surface area contributed by atoms with E-state index in [1.807, 2.05) is 0 Å². The first-order valence-corrected chi connectivity index (χ1v) is 9.60. The number of carbonyl (C=O) groups is 1. The van der Waals surface area contributed by atoms with E-state index in [1.165, 1.54) is 0 Å². The van der Waals surface area contributed by atoms with Gasteiger partial charge in [-0.15, -0.1) is 0 Å². The Morgan fingerprint density at radius 2 is 2.19 bits per heavy atom. The van der Waals surface area contributed by atoms with Gasteiger partial charge in [-0.2, -0.15) is 11.8 Å². The Labute approximate surface area is 129 Å². The van der Waals surface area contributed by atoms with Crippen LogP contribution in [0.3, 0.4) is 0 Å². The predicted octanol–water partition coefficient (Wildman–Crippen LogP) is 1.01. The molecule has 1 aliphatic heterocycles. The van der Waals surface area contributed by atoms with Crippen LogP contribution in [0.15, 0.2) is 18.2 Å². The van der Waals surface area contributed by atoms with Crippen LogP contribution in [0.5, 0.6) is 0 Å². The molecular weight excluding hydrogens is 310 g/mol. The smallest absolute Gasteiger partial charge is 0.242 e. The third-order valence-electron chi connectivity index (χ3n) is 3.03. The predicted molar refractivity (Wildman–Crippen MR) is 87.4 cm³/mol. The number of rotatable bonds is 4. The Balaban J connectivity index is 2.04. The number of aryl methyl sites for hydroxylation is 1. The van der Waals surface area contributed by atoms with Gasteiger partial charge in [0, 0.05) is 23.7 Å². The van der Waals surface area contributed by atoms with E-state index in [4.69, 9.17) is 0 Å². The molecule has 0 radical (unpaired) electrons. The van der Waals surface area contributed by atoms with Gasteiger partial charge in [0.25, 0.3) is 0 Å². The van der Waals surface area contributed by atoms with Gasteiger partial charge in [-0.1, -0.05) is 0 Å². The van der Waals surface area contributed by atoms with Crippen molar-refractivity contribution in [3.63, 3.8) is 0 Å². The van der Waals surface area contributed by atoms with Crippen LogP contribution in [0.25, 0.3) is 0 Å². The van der Waals surface area contributed by atoms with Gasteiger partial charge in [-0.3, -0.25) is 9.52 Å². The van der Waals surface area contributed by atoms with E-state index in [1.54, 1.807) is 36.9 Å². The molecule has 1 heterocycles. The number of carbonyl (C=O) groups excluding carboxylic acids is 1. The molecule has 21 heavy (non-hydrogen) atoms. The normalized spacial score (nSPS) is 19.0. The van der Waals surface area contributed by atoms with Crippen molar-refractivity contribution in [2.75, 3.05) is 34.3 Å². The van der Waals surface area contributed by atoms with E-state index in [2.05, 4.69) is 15.4 Å². The SMILES string of the molecule is Cc1cc(NC(=O)C2CSCCN2)ccc1NS(C)(=O)=O. The lowest BCUT2D eigenvalue weighted by molar-refractivity contribution is -0.117. The molecule has 1 aliphatic rings. The highest BCUT2D eigenvalue weighted by molar-refractivity contribution is 7.99. The van der Waals surface area contributed by atoms with Gasteiger partial charge in [0.2, 0.25) is 15.9 Å². The van der Waals surface area contributed by atoms with Crippen LogP contribution in [0.2, 0.25) is 0 Å². The molecule has 1 unspecified atom stereocenters. The minimum absolute atomic E-state index is 0.0644. The van der Waals surface area contributed by atoms with E-state index in [0.29, 0.717) is 11.4 Å². The molecule has 1 aromatic carbocycles. The molecule has 1 saturated heterocycles. The monoisotopic (exact) mass is 329 g/mol. The summed E-state index contributed by atoms with van der Waals surface area (Å²) < 4.78 is 24.9. The lowest BCUT2D eigenvalue weighted by Crippen LogP contribution is -2.46. The maximum absolute atomic E-state index is 12.1. The molecule has 116 valence electrons. The zero-order valence-corrected chi connectivity index (χ0v) is 13.6. The maximum atomic E-state index is 12.1. The first-order valence-electron chi connectivity index (χ1n) is 6.55. The summed E-state index contributed by atoms with van der Waals surface area (Å²) in [5, 5.41) is 6.02. The quantitative estimate of drug-likeness (QED) is 0.767. The summed E-state index contributed by atoms with van der Waals surface area (Å²) in [5.74, 6) is 1.72. The maximum Gasteiger partial charge on any atom is 0.242 e. The zero-order chi connectivity index (χ0) is 15.5. The fourth-order valence-corrected chi connectivity index (χ4v) is 3.58. The molecule has 1 atom stereocenters. The Hall–Kier alpha value is -1.25. The van der Waals surface area contributed by atoms with Crippen molar-refractivity contribution in [2.24, 2.45) is 0 Å². The second-order valence-corrected chi connectivity index (χ2v) is 7.87. The molecule has 2 rings (SSSR count). The van der Waals surface area contributed by atoms with Gasteiger partial charge in [-0.05, 0) is 30.7 Å². The van der Waals surface area contributed by atoms with E-state index in [9.17, 15) is 13.2 Å². The number of hydrogen-bond acceptors (Lipinski definition) is 5. The van der Waals surface area contributed by atoms with Crippen LogP contribution in [-0.4, -0.2) is 44.7 Å². The Morgan fingerprint density at radius 3 is 2.76 bits per heavy atom. The summed E-state index contributed by atoms with van der Waals surface area (Å²) in [5.41, 5.74) is 1.93. The number of sulfonamides is 1.